The molecule has 0 radical (unpaired) electrons. The number of carbonyl (C=O) groups is 4. The minimum absolute atomic E-state index is 0.0266. The van der Waals surface area contributed by atoms with Gasteiger partial charge in [0.1, 0.15) is 6.04 Å². The predicted molar refractivity (Wildman–Crippen MR) is 103 cm³/mol. The smallest absolute Gasteiger partial charge is 0.255 e. The number of amides is 4. The normalized spacial score (nSPS) is 25.7. The van der Waals surface area contributed by atoms with Crippen molar-refractivity contribution in [3.63, 3.8) is 0 Å². The van der Waals surface area contributed by atoms with Crippen LogP contribution in [0.5, 0.6) is 0 Å². The van der Waals surface area contributed by atoms with Gasteiger partial charge in [-0.05, 0) is 43.4 Å². The number of nitrogens with zero attached hydrogens (tertiary/aromatic N) is 2. The van der Waals surface area contributed by atoms with Gasteiger partial charge in [-0.25, -0.2) is 0 Å². The monoisotopic (exact) mass is 396 g/mol. The molecule has 29 heavy (non-hydrogen) atoms. The first kappa shape index (κ1) is 18.3. The maximum absolute atomic E-state index is 13.3. The van der Waals surface area contributed by atoms with Crippen molar-refractivity contribution in [1.82, 2.24) is 20.4 Å². The second kappa shape index (κ2) is 6.66. The van der Waals surface area contributed by atoms with E-state index in [9.17, 15) is 19.2 Å². The number of carbonyl (C=O) groups excluding carboxylic acids is 4. The molecule has 2 saturated heterocycles. The zero-order valence-electron chi connectivity index (χ0n) is 16.2. The molecule has 5 rings (SSSR count). The maximum Gasteiger partial charge on any atom is 0.255 e. The van der Waals surface area contributed by atoms with Gasteiger partial charge in [0, 0.05) is 43.7 Å². The summed E-state index contributed by atoms with van der Waals surface area (Å²) in [6, 6.07) is 4.65. The van der Waals surface area contributed by atoms with Gasteiger partial charge in [-0.2, -0.15) is 0 Å². The third kappa shape index (κ3) is 2.85. The van der Waals surface area contributed by atoms with E-state index in [1.165, 1.54) is 4.90 Å². The Bertz CT molecular complexity index is 923. The summed E-state index contributed by atoms with van der Waals surface area (Å²) < 4.78 is 0. The molecule has 3 heterocycles. The van der Waals surface area contributed by atoms with Crippen molar-refractivity contribution in [2.45, 2.75) is 50.2 Å². The zero-order chi connectivity index (χ0) is 20.2. The highest BCUT2D eigenvalue weighted by molar-refractivity contribution is 6.06. The lowest BCUT2D eigenvalue weighted by Crippen LogP contribution is -2.66. The van der Waals surface area contributed by atoms with Gasteiger partial charge < -0.3 is 15.1 Å². The third-order valence-electron chi connectivity index (χ3n) is 6.84. The second-order valence-electron chi connectivity index (χ2n) is 8.48. The second-order valence-corrected chi connectivity index (χ2v) is 8.48. The minimum atomic E-state index is -0.641. The Kier molecular flexibility index (Phi) is 4.20. The van der Waals surface area contributed by atoms with Crippen LogP contribution in [0.4, 0.5) is 0 Å². The van der Waals surface area contributed by atoms with E-state index in [1.54, 1.807) is 12.1 Å². The number of imide groups is 1. The summed E-state index contributed by atoms with van der Waals surface area (Å²) in [6.07, 6.45) is 3.72. The Morgan fingerprint density at radius 3 is 2.72 bits per heavy atom. The Labute approximate surface area is 168 Å². The fourth-order valence-electron chi connectivity index (χ4n) is 5.04. The molecule has 1 aromatic carbocycles. The number of hydrogen-bond donors (Lipinski definition) is 2. The van der Waals surface area contributed by atoms with E-state index in [0.717, 1.165) is 37.9 Å². The number of hydrogen-bond acceptors (Lipinski definition) is 5. The lowest BCUT2D eigenvalue weighted by Gasteiger charge is -2.53. The van der Waals surface area contributed by atoms with E-state index in [-0.39, 0.29) is 29.7 Å². The first-order chi connectivity index (χ1) is 14.0. The molecular formula is C21H24N4O4. The zero-order valence-corrected chi connectivity index (χ0v) is 16.2. The van der Waals surface area contributed by atoms with E-state index in [1.807, 2.05) is 11.0 Å². The fourth-order valence-corrected chi connectivity index (χ4v) is 5.04. The molecule has 1 saturated carbocycles. The number of nitrogens with one attached hydrogen (secondary N) is 2. The molecule has 3 aliphatic heterocycles. The van der Waals surface area contributed by atoms with E-state index in [4.69, 9.17) is 0 Å². The van der Waals surface area contributed by atoms with E-state index in [0.29, 0.717) is 30.6 Å². The van der Waals surface area contributed by atoms with Crippen LogP contribution in [-0.2, 0) is 16.1 Å². The molecule has 3 fully saturated rings. The first-order valence-corrected chi connectivity index (χ1v) is 10.3. The van der Waals surface area contributed by atoms with Gasteiger partial charge in [-0.15, -0.1) is 0 Å². The Balaban J connectivity index is 1.38. The van der Waals surface area contributed by atoms with E-state index >= 15 is 0 Å². The summed E-state index contributed by atoms with van der Waals surface area (Å²) in [5.41, 5.74) is 1.74. The molecule has 1 unspecified atom stereocenters. The van der Waals surface area contributed by atoms with Crippen molar-refractivity contribution in [2.24, 2.45) is 0 Å². The van der Waals surface area contributed by atoms with Gasteiger partial charge in [0.15, 0.2) is 0 Å². The standard InChI is InChI=1S/C21H24N4O4/c26-17-5-4-16(18(27)23-17)24-11-14-3-2-13(10-15(14)20(24)29)19(28)25-9-8-22-12-21(25)6-1-7-21/h2-3,10,16,22H,1,4-9,11-12H2,(H,23,26,27). The Morgan fingerprint density at radius 2 is 2.00 bits per heavy atom. The number of benzene rings is 1. The van der Waals surface area contributed by atoms with Crippen molar-refractivity contribution >= 4 is 23.6 Å². The molecule has 1 aromatic rings. The van der Waals surface area contributed by atoms with Crippen LogP contribution < -0.4 is 10.6 Å². The quantitative estimate of drug-likeness (QED) is 0.706. The highest BCUT2D eigenvalue weighted by Gasteiger charge is 2.46. The fraction of sp³-hybridized carbons (Fsp3) is 0.524. The molecule has 1 atom stereocenters. The molecule has 4 amide bonds. The third-order valence-corrected chi connectivity index (χ3v) is 6.84. The van der Waals surface area contributed by atoms with Crippen molar-refractivity contribution in [3.8, 4) is 0 Å². The van der Waals surface area contributed by atoms with Crippen LogP contribution in [0.2, 0.25) is 0 Å². The summed E-state index contributed by atoms with van der Waals surface area (Å²) in [6.45, 7) is 2.60. The van der Waals surface area contributed by atoms with Gasteiger partial charge in [-0.1, -0.05) is 6.07 Å². The lowest BCUT2D eigenvalue weighted by molar-refractivity contribution is -0.136. The van der Waals surface area contributed by atoms with E-state index < -0.39 is 11.9 Å². The molecule has 0 aromatic heterocycles. The average molecular weight is 396 g/mol. The Hall–Kier alpha value is -2.74. The van der Waals surface area contributed by atoms with Crippen molar-refractivity contribution in [1.29, 1.82) is 0 Å². The maximum atomic E-state index is 13.3. The van der Waals surface area contributed by atoms with Gasteiger partial charge >= 0.3 is 0 Å². The van der Waals surface area contributed by atoms with Crippen LogP contribution in [0, 0.1) is 0 Å². The van der Waals surface area contributed by atoms with Gasteiger partial charge in [0.05, 0.1) is 5.54 Å². The molecular weight excluding hydrogens is 372 g/mol. The molecule has 0 bridgehead atoms. The number of piperazine rings is 1. The molecule has 8 nitrogen and oxygen atoms in total. The Morgan fingerprint density at radius 1 is 1.17 bits per heavy atom. The van der Waals surface area contributed by atoms with Gasteiger partial charge in [0.25, 0.3) is 11.8 Å². The molecule has 4 aliphatic rings. The van der Waals surface area contributed by atoms with E-state index in [2.05, 4.69) is 10.6 Å². The summed E-state index contributed by atoms with van der Waals surface area (Å²) in [5, 5.41) is 5.71. The number of rotatable bonds is 2. The van der Waals surface area contributed by atoms with Crippen LogP contribution >= 0.6 is 0 Å². The lowest BCUT2D eigenvalue weighted by atomic mass is 9.74. The summed E-state index contributed by atoms with van der Waals surface area (Å²) in [5.74, 6) is -1.00. The SMILES string of the molecule is O=C1CCC(N2Cc3ccc(C(=O)N4CCNCC45CCC5)cc3C2=O)C(=O)N1. The highest BCUT2D eigenvalue weighted by Crippen LogP contribution is 2.39. The minimum Gasteiger partial charge on any atom is -0.330 e. The summed E-state index contributed by atoms with van der Waals surface area (Å²) >= 11 is 0. The van der Waals surface area contributed by atoms with Crippen LogP contribution in [0.15, 0.2) is 18.2 Å². The van der Waals surface area contributed by atoms with Crippen molar-refractivity contribution in [2.75, 3.05) is 19.6 Å². The predicted octanol–water partition coefficient (Wildman–Crippen LogP) is 0.416. The van der Waals surface area contributed by atoms with Crippen molar-refractivity contribution in [3.05, 3.63) is 34.9 Å². The largest absolute Gasteiger partial charge is 0.330 e. The topological polar surface area (TPSA) is 98.8 Å². The molecule has 1 spiro atoms. The van der Waals surface area contributed by atoms with Crippen LogP contribution in [0.3, 0.4) is 0 Å². The van der Waals surface area contributed by atoms with Crippen LogP contribution in [0.25, 0.3) is 0 Å². The molecule has 8 heteroatoms. The van der Waals surface area contributed by atoms with Crippen LogP contribution in [0.1, 0.15) is 58.4 Å². The first-order valence-electron chi connectivity index (χ1n) is 10.3. The number of piperidine rings is 1. The summed E-state index contributed by atoms with van der Waals surface area (Å²) in [7, 11) is 0. The molecule has 152 valence electrons. The van der Waals surface area contributed by atoms with Crippen LogP contribution in [-0.4, -0.2) is 64.6 Å². The summed E-state index contributed by atoms with van der Waals surface area (Å²) in [4.78, 5) is 53.3. The van der Waals surface area contributed by atoms with Crippen molar-refractivity contribution < 1.29 is 19.2 Å². The molecule has 2 N–H and O–H groups in total. The highest BCUT2D eigenvalue weighted by atomic mass is 16.2. The number of fused-ring (bicyclic) bond motifs is 1. The average Bonchev–Trinajstić information content (AvgIpc) is 3.02. The van der Waals surface area contributed by atoms with Gasteiger partial charge in [0.2, 0.25) is 11.8 Å². The van der Waals surface area contributed by atoms with Gasteiger partial charge in [-0.3, -0.25) is 24.5 Å². The molecule has 1 aliphatic carbocycles.